The van der Waals surface area contributed by atoms with Gasteiger partial charge in [0, 0.05) is 0 Å². The van der Waals surface area contributed by atoms with Crippen molar-refractivity contribution in [2.75, 3.05) is 6.26 Å². The van der Waals surface area contributed by atoms with Crippen molar-refractivity contribution in [3.8, 4) is 0 Å². The highest BCUT2D eigenvalue weighted by Crippen LogP contribution is 2.67. The van der Waals surface area contributed by atoms with E-state index < -0.39 is 10.0 Å². The lowest BCUT2D eigenvalue weighted by molar-refractivity contribution is 0.781. The molecular formula is C17H22S. The maximum absolute atomic E-state index is 2.43. The summed E-state index contributed by atoms with van der Waals surface area (Å²) in [6, 6.07) is 21.9. The molecule has 96 valence electrons. The van der Waals surface area contributed by atoms with E-state index in [9.17, 15) is 0 Å². The summed E-state index contributed by atoms with van der Waals surface area (Å²) in [7, 11) is -1.01. The molecule has 0 aliphatic carbocycles. The van der Waals surface area contributed by atoms with Gasteiger partial charge >= 0.3 is 0 Å². The monoisotopic (exact) mass is 258 g/mol. The molecule has 0 saturated heterocycles. The smallest absolute Gasteiger partial charge is 0.000784 e. The zero-order valence-corrected chi connectivity index (χ0v) is 12.5. The van der Waals surface area contributed by atoms with Crippen molar-refractivity contribution < 1.29 is 0 Å². The molecule has 18 heavy (non-hydrogen) atoms. The third kappa shape index (κ3) is 2.20. The van der Waals surface area contributed by atoms with Gasteiger partial charge in [0.05, 0.1) is 0 Å². The van der Waals surface area contributed by atoms with Crippen LogP contribution in [0.4, 0.5) is 0 Å². The molecule has 0 N–H and O–H groups in total. The molecule has 0 aliphatic rings. The molecule has 1 heteroatoms. The Bertz CT molecular complexity index is 455. The summed E-state index contributed by atoms with van der Waals surface area (Å²) in [5.41, 5.74) is 0. The maximum Gasteiger partial charge on any atom is -0.000784 e. The van der Waals surface area contributed by atoms with Gasteiger partial charge in [-0.05, 0) is 45.1 Å². The second-order valence-electron chi connectivity index (χ2n) is 5.66. The highest BCUT2D eigenvalue weighted by molar-refractivity contribution is 8.34. The molecule has 0 nitrogen and oxygen atoms in total. The molecule has 0 spiro atoms. The highest BCUT2D eigenvalue weighted by atomic mass is 32.3. The van der Waals surface area contributed by atoms with E-state index in [4.69, 9.17) is 0 Å². The standard InChI is InChI=1S/C17H22S/c1-17(2,3)18(4,15-11-7-5-8-12-15)16-13-9-6-10-14-16/h5-14H,1-4H3. The summed E-state index contributed by atoms with van der Waals surface area (Å²) >= 11 is 0. The molecule has 0 bridgehead atoms. The molecule has 0 heterocycles. The summed E-state index contributed by atoms with van der Waals surface area (Å²) in [6.07, 6.45) is 2.43. The molecule has 0 atom stereocenters. The lowest BCUT2D eigenvalue weighted by Crippen LogP contribution is -2.24. The molecule has 0 unspecified atom stereocenters. The van der Waals surface area contributed by atoms with Gasteiger partial charge in [0.25, 0.3) is 0 Å². The molecule has 2 aromatic carbocycles. The predicted octanol–water partition coefficient (Wildman–Crippen LogP) is 5.34. The number of rotatable bonds is 2. The Morgan fingerprint density at radius 2 is 1.00 bits per heavy atom. The van der Waals surface area contributed by atoms with E-state index in [1.807, 2.05) is 0 Å². The summed E-state index contributed by atoms with van der Waals surface area (Å²) in [6.45, 7) is 7.05. The van der Waals surface area contributed by atoms with Crippen LogP contribution in [-0.2, 0) is 0 Å². The Labute approximate surface area is 112 Å². The number of benzene rings is 2. The van der Waals surface area contributed by atoms with E-state index in [1.54, 1.807) is 0 Å². The molecule has 0 aliphatic heterocycles. The van der Waals surface area contributed by atoms with Gasteiger partial charge in [0.1, 0.15) is 0 Å². The van der Waals surface area contributed by atoms with Crippen molar-refractivity contribution in [3.63, 3.8) is 0 Å². The van der Waals surface area contributed by atoms with Gasteiger partial charge in [0.15, 0.2) is 0 Å². The van der Waals surface area contributed by atoms with Crippen LogP contribution in [0.15, 0.2) is 70.5 Å². The van der Waals surface area contributed by atoms with E-state index in [-0.39, 0.29) is 4.75 Å². The third-order valence-electron chi connectivity index (χ3n) is 3.65. The van der Waals surface area contributed by atoms with Gasteiger partial charge in [-0.15, -0.1) is 0 Å². The fraction of sp³-hybridized carbons (Fsp3) is 0.294. The summed E-state index contributed by atoms with van der Waals surface area (Å²) in [5, 5.41) is 0. The van der Waals surface area contributed by atoms with Crippen molar-refractivity contribution in [3.05, 3.63) is 60.7 Å². The van der Waals surface area contributed by atoms with Crippen molar-refractivity contribution in [2.24, 2.45) is 0 Å². The van der Waals surface area contributed by atoms with Gasteiger partial charge in [-0.1, -0.05) is 57.2 Å². The van der Waals surface area contributed by atoms with Crippen LogP contribution in [0.5, 0.6) is 0 Å². The van der Waals surface area contributed by atoms with Gasteiger partial charge in [-0.2, -0.15) is 10.0 Å². The number of hydrogen-bond acceptors (Lipinski definition) is 0. The second kappa shape index (κ2) is 4.81. The Kier molecular flexibility index (Phi) is 3.54. The molecular weight excluding hydrogens is 236 g/mol. The Morgan fingerprint density at radius 3 is 1.28 bits per heavy atom. The summed E-state index contributed by atoms with van der Waals surface area (Å²) < 4.78 is 0.246. The van der Waals surface area contributed by atoms with Gasteiger partial charge in [-0.25, -0.2) is 0 Å². The lowest BCUT2D eigenvalue weighted by Gasteiger charge is -2.48. The Morgan fingerprint density at radius 1 is 0.667 bits per heavy atom. The first-order valence-corrected chi connectivity index (χ1v) is 8.38. The fourth-order valence-corrected chi connectivity index (χ4v) is 5.32. The summed E-state index contributed by atoms with van der Waals surface area (Å²) in [4.78, 5) is 2.92. The largest absolute Gasteiger partial charge is 0.186 e. The average Bonchev–Trinajstić information content (AvgIpc) is 2.38. The minimum absolute atomic E-state index is 0.246. The normalized spacial score (nSPS) is 13.3. The Balaban J connectivity index is 2.63. The van der Waals surface area contributed by atoms with Gasteiger partial charge < -0.3 is 0 Å². The number of hydrogen-bond donors (Lipinski definition) is 0. The van der Waals surface area contributed by atoms with Crippen molar-refractivity contribution in [2.45, 2.75) is 35.3 Å². The zero-order valence-electron chi connectivity index (χ0n) is 11.7. The second-order valence-corrected chi connectivity index (χ2v) is 9.66. The van der Waals surface area contributed by atoms with Gasteiger partial charge in [-0.3, -0.25) is 0 Å². The molecule has 0 amide bonds. The minimum Gasteiger partial charge on any atom is -0.186 e. The average molecular weight is 258 g/mol. The minimum atomic E-state index is -1.01. The van der Waals surface area contributed by atoms with Crippen LogP contribution >= 0.6 is 10.0 Å². The fourth-order valence-electron chi connectivity index (χ4n) is 2.23. The molecule has 0 aromatic heterocycles. The topological polar surface area (TPSA) is 0 Å². The third-order valence-corrected chi connectivity index (χ3v) is 8.53. The van der Waals surface area contributed by atoms with Crippen LogP contribution in [0.3, 0.4) is 0 Å². The first-order valence-electron chi connectivity index (χ1n) is 6.34. The van der Waals surface area contributed by atoms with Gasteiger partial charge in [0.2, 0.25) is 0 Å². The van der Waals surface area contributed by atoms with Crippen molar-refractivity contribution >= 4 is 10.0 Å². The highest BCUT2D eigenvalue weighted by Gasteiger charge is 2.35. The van der Waals surface area contributed by atoms with Crippen molar-refractivity contribution in [1.82, 2.24) is 0 Å². The molecule has 2 rings (SSSR count). The first kappa shape index (κ1) is 13.2. The van der Waals surface area contributed by atoms with E-state index in [0.29, 0.717) is 0 Å². The SMILES string of the molecule is CC(C)(C)S(C)(c1ccccc1)c1ccccc1. The molecule has 0 radical (unpaired) electrons. The zero-order chi connectivity index (χ0) is 13.2. The lowest BCUT2D eigenvalue weighted by atomic mass is 10.3. The molecule has 0 fully saturated rings. The van der Waals surface area contributed by atoms with Crippen LogP contribution in [0.25, 0.3) is 0 Å². The van der Waals surface area contributed by atoms with Crippen LogP contribution < -0.4 is 0 Å². The maximum atomic E-state index is 2.43. The van der Waals surface area contributed by atoms with E-state index in [2.05, 4.69) is 87.7 Å². The van der Waals surface area contributed by atoms with Crippen molar-refractivity contribution in [1.29, 1.82) is 0 Å². The van der Waals surface area contributed by atoms with E-state index in [0.717, 1.165) is 0 Å². The van der Waals surface area contributed by atoms with E-state index in [1.165, 1.54) is 9.79 Å². The first-order chi connectivity index (χ1) is 8.46. The van der Waals surface area contributed by atoms with Crippen LogP contribution in [-0.4, -0.2) is 11.0 Å². The van der Waals surface area contributed by atoms with Crippen LogP contribution in [0, 0.1) is 0 Å². The van der Waals surface area contributed by atoms with Crippen LogP contribution in [0.2, 0.25) is 0 Å². The Hall–Kier alpha value is -1.21. The van der Waals surface area contributed by atoms with E-state index >= 15 is 0 Å². The quantitative estimate of drug-likeness (QED) is 0.682. The summed E-state index contributed by atoms with van der Waals surface area (Å²) in [5.74, 6) is 0. The molecule has 2 aromatic rings. The predicted molar refractivity (Wildman–Crippen MR) is 82.7 cm³/mol. The molecule has 0 saturated carbocycles. The van der Waals surface area contributed by atoms with Crippen LogP contribution in [0.1, 0.15) is 20.8 Å².